The van der Waals surface area contributed by atoms with E-state index < -0.39 is 17.6 Å². The molecule has 1 aliphatic heterocycles. The van der Waals surface area contributed by atoms with Crippen molar-refractivity contribution in [3.05, 3.63) is 11.1 Å². The van der Waals surface area contributed by atoms with Crippen molar-refractivity contribution < 1.29 is 18.3 Å². The monoisotopic (exact) mass is 198 g/mol. The first-order chi connectivity index (χ1) is 5.70. The largest absolute Gasteiger partial charge is 0.376 e. The molecule has 0 amide bonds. The highest BCUT2D eigenvalue weighted by atomic mass is 35.5. The maximum atomic E-state index is 11.9. The fourth-order valence-electron chi connectivity index (χ4n) is 0.853. The van der Waals surface area contributed by atoms with Gasteiger partial charge in [0.15, 0.2) is 0 Å². The Morgan fingerprint density at radius 1 is 1.50 bits per heavy atom. The van der Waals surface area contributed by atoms with Crippen molar-refractivity contribution in [2.45, 2.75) is 12.5 Å². The third-order valence-corrected chi connectivity index (χ3v) is 1.69. The van der Waals surface area contributed by atoms with Crippen LogP contribution in [0.2, 0.25) is 0 Å². The molecule has 12 heavy (non-hydrogen) atoms. The predicted octanol–water partition coefficient (Wildman–Crippen LogP) is 1.79. The molecule has 0 bridgehead atoms. The number of rotatable bonds is 2. The van der Waals surface area contributed by atoms with Crippen LogP contribution in [0.3, 0.4) is 0 Å². The van der Waals surface area contributed by atoms with Gasteiger partial charge in [-0.3, -0.25) is 0 Å². The topological polar surface area (TPSA) is 18.5 Å². The lowest BCUT2D eigenvalue weighted by Gasteiger charge is -2.20. The van der Waals surface area contributed by atoms with Gasteiger partial charge in [-0.1, -0.05) is 11.6 Å². The molecule has 0 N–H and O–H groups in total. The lowest BCUT2D eigenvalue weighted by molar-refractivity contribution is -0.0680. The highest BCUT2D eigenvalue weighted by Crippen LogP contribution is 2.15. The fourth-order valence-corrected chi connectivity index (χ4v) is 0.993. The quantitative estimate of drug-likeness (QED) is 0.674. The van der Waals surface area contributed by atoms with Crippen molar-refractivity contribution in [1.82, 2.24) is 0 Å². The molecule has 1 aliphatic rings. The van der Waals surface area contributed by atoms with E-state index in [9.17, 15) is 8.78 Å². The van der Waals surface area contributed by atoms with Gasteiger partial charge in [-0.15, -0.1) is 0 Å². The summed E-state index contributed by atoms with van der Waals surface area (Å²) < 4.78 is 33.8. The van der Waals surface area contributed by atoms with E-state index in [4.69, 9.17) is 21.1 Å². The minimum atomic E-state index is -2.63. The number of ether oxygens (including phenoxy) is 2. The summed E-state index contributed by atoms with van der Waals surface area (Å²) >= 11 is 5.22. The van der Waals surface area contributed by atoms with E-state index in [1.165, 1.54) is 6.08 Å². The lowest BCUT2D eigenvalue weighted by atomic mass is 10.3. The zero-order valence-corrected chi connectivity index (χ0v) is 7.06. The summed E-state index contributed by atoms with van der Waals surface area (Å²) in [6, 6.07) is 0. The molecule has 0 aromatic rings. The maximum absolute atomic E-state index is 11.9. The van der Waals surface area contributed by atoms with Crippen molar-refractivity contribution in [2.24, 2.45) is 0 Å². The third-order valence-electron chi connectivity index (χ3n) is 1.40. The number of allylic oxidation sites excluding steroid dienone is 1. The Morgan fingerprint density at radius 2 is 2.25 bits per heavy atom. The van der Waals surface area contributed by atoms with Gasteiger partial charge in [-0.2, -0.15) is 0 Å². The Bertz CT molecular complexity index is 167. The van der Waals surface area contributed by atoms with Crippen molar-refractivity contribution in [3.8, 4) is 0 Å². The molecule has 1 rings (SSSR count). The SMILES string of the molecule is FC(F)C(Cl)=CC1COCCO1. The average molecular weight is 199 g/mol. The van der Waals surface area contributed by atoms with Crippen molar-refractivity contribution in [1.29, 1.82) is 0 Å². The van der Waals surface area contributed by atoms with Gasteiger partial charge < -0.3 is 9.47 Å². The maximum Gasteiger partial charge on any atom is 0.273 e. The Kier molecular flexibility index (Phi) is 3.91. The van der Waals surface area contributed by atoms with E-state index in [0.29, 0.717) is 19.8 Å². The fraction of sp³-hybridized carbons (Fsp3) is 0.714. The van der Waals surface area contributed by atoms with Crippen molar-refractivity contribution >= 4 is 11.6 Å². The Hall–Kier alpha value is -0.190. The lowest BCUT2D eigenvalue weighted by Crippen LogP contribution is -2.27. The smallest absolute Gasteiger partial charge is 0.273 e. The average Bonchev–Trinajstić information content (AvgIpc) is 2.06. The van der Waals surface area contributed by atoms with Crippen LogP contribution in [-0.2, 0) is 9.47 Å². The molecule has 0 spiro atoms. The molecule has 0 aromatic carbocycles. The molecular weight excluding hydrogens is 190 g/mol. The van der Waals surface area contributed by atoms with Gasteiger partial charge >= 0.3 is 0 Å². The van der Waals surface area contributed by atoms with E-state index in [-0.39, 0.29) is 0 Å². The Balaban J connectivity index is 2.41. The second-order valence-electron chi connectivity index (χ2n) is 2.34. The molecule has 0 radical (unpaired) electrons. The van der Waals surface area contributed by atoms with Crippen molar-refractivity contribution in [2.75, 3.05) is 19.8 Å². The third kappa shape index (κ3) is 3.05. The van der Waals surface area contributed by atoms with Gasteiger partial charge in [0.05, 0.1) is 24.9 Å². The van der Waals surface area contributed by atoms with Gasteiger partial charge in [0.2, 0.25) is 0 Å². The zero-order valence-electron chi connectivity index (χ0n) is 6.30. The Labute approximate surface area is 74.1 Å². The molecule has 1 heterocycles. The zero-order chi connectivity index (χ0) is 8.97. The molecular formula is C7H9ClF2O2. The van der Waals surface area contributed by atoms with Crippen molar-refractivity contribution in [3.63, 3.8) is 0 Å². The molecule has 0 saturated carbocycles. The summed E-state index contributed by atoms with van der Waals surface area (Å²) in [6.07, 6.45) is -1.87. The minimum absolute atomic E-state index is 0.295. The molecule has 0 aliphatic carbocycles. The number of halogens is 3. The molecule has 2 nitrogen and oxygen atoms in total. The standard InChI is InChI=1S/C7H9ClF2O2/c8-6(7(9)10)3-5-4-11-1-2-12-5/h3,5,7H,1-2,4H2. The van der Waals surface area contributed by atoms with Gasteiger partial charge in [0.25, 0.3) is 6.43 Å². The molecule has 1 fully saturated rings. The summed E-state index contributed by atoms with van der Waals surface area (Å²) in [5.74, 6) is 0. The number of alkyl halides is 2. The molecule has 70 valence electrons. The van der Waals surface area contributed by atoms with E-state index in [0.717, 1.165) is 0 Å². The summed E-state index contributed by atoms with van der Waals surface area (Å²) in [7, 11) is 0. The van der Waals surface area contributed by atoms with Crippen LogP contribution in [0.4, 0.5) is 8.78 Å². The van der Waals surface area contributed by atoms with Gasteiger partial charge in [0.1, 0.15) is 6.10 Å². The Morgan fingerprint density at radius 3 is 2.75 bits per heavy atom. The molecule has 1 atom stereocenters. The normalized spacial score (nSPS) is 26.3. The predicted molar refractivity (Wildman–Crippen MR) is 40.5 cm³/mol. The molecule has 1 saturated heterocycles. The summed E-state index contributed by atoms with van der Waals surface area (Å²) in [5, 5.41) is -0.481. The van der Waals surface area contributed by atoms with Crippen LogP contribution in [0.1, 0.15) is 0 Å². The molecule has 0 aromatic heterocycles. The second-order valence-corrected chi connectivity index (χ2v) is 2.77. The van der Waals surface area contributed by atoms with Crippen LogP contribution in [0, 0.1) is 0 Å². The van der Waals surface area contributed by atoms with E-state index >= 15 is 0 Å². The van der Waals surface area contributed by atoms with Crippen LogP contribution in [0.25, 0.3) is 0 Å². The van der Waals surface area contributed by atoms with Crippen LogP contribution in [0.15, 0.2) is 11.1 Å². The highest BCUT2D eigenvalue weighted by molar-refractivity contribution is 6.30. The van der Waals surface area contributed by atoms with E-state index in [1.54, 1.807) is 0 Å². The van der Waals surface area contributed by atoms with E-state index in [2.05, 4.69) is 0 Å². The van der Waals surface area contributed by atoms with Crippen LogP contribution in [0.5, 0.6) is 0 Å². The summed E-state index contributed by atoms with van der Waals surface area (Å²) in [4.78, 5) is 0. The number of hydrogen-bond donors (Lipinski definition) is 0. The first-order valence-corrected chi connectivity index (χ1v) is 3.92. The summed E-state index contributed by atoms with van der Waals surface area (Å²) in [5.41, 5.74) is 0. The highest BCUT2D eigenvalue weighted by Gasteiger charge is 2.15. The minimum Gasteiger partial charge on any atom is -0.376 e. The van der Waals surface area contributed by atoms with Crippen LogP contribution >= 0.6 is 11.6 Å². The first kappa shape index (κ1) is 9.89. The van der Waals surface area contributed by atoms with Gasteiger partial charge in [-0.05, 0) is 6.08 Å². The molecule has 5 heteroatoms. The van der Waals surface area contributed by atoms with Crippen LogP contribution < -0.4 is 0 Å². The van der Waals surface area contributed by atoms with Gasteiger partial charge in [0, 0.05) is 0 Å². The number of hydrogen-bond acceptors (Lipinski definition) is 2. The summed E-state index contributed by atoms with van der Waals surface area (Å²) in [6.45, 7) is 1.23. The van der Waals surface area contributed by atoms with Gasteiger partial charge in [-0.25, -0.2) is 8.78 Å². The van der Waals surface area contributed by atoms with E-state index in [1.807, 2.05) is 0 Å². The first-order valence-electron chi connectivity index (χ1n) is 3.55. The second kappa shape index (κ2) is 4.74. The molecule has 1 unspecified atom stereocenters. The van der Waals surface area contributed by atoms with Crippen LogP contribution in [-0.4, -0.2) is 32.4 Å².